The van der Waals surface area contributed by atoms with Crippen molar-refractivity contribution in [2.75, 3.05) is 12.8 Å². The summed E-state index contributed by atoms with van der Waals surface area (Å²) in [5.41, 5.74) is 0. The number of sulfonamides is 1. The van der Waals surface area contributed by atoms with Crippen molar-refractivity contribution in [2.24, 2.45) is 0 Å². The maximum Gasteiger partial charge on any atom is 0.242 e. The van der Waals surface area contributed by atoms with Crippen LogP contribution >= 0.6 is 23.1 Å². The van der Waals surface area contributed by atoms with Crippen molar-refractivity contribution in [3.8, 4) is 0 Å². The number of rotatable bonds is 7. The van der Waals surface area contributed by atoms with Crippen molar-refractivity contribution in [2.45, 2.75) is 55.3 Å². The Bertz CT molecular complexity index is 542. The Labute approximate surface area is 136 Å². The van der Waals surface area contributed by atoms with Gasteiger partial charge in [0.1, 0.15) is 0 Å². The van der Waals surface area contributed by atoms with Gasteiger partial charge in [-0.1, -0.05) is 19.8 Å². The summed E-state index contributed by atoms with van der Waals surface area (Å²) in [7, 11) is -3.41. The fraction of sp³-hybridized carbons (Fsp3) is 0.714. The molecule has 1 aliphatic rings. The Balaban J connectivity index is 2.12. The summed E-state index contributed by atoms with van der Waals surface area (Å²) in [6.07, 6.45) is 6.42. The molecule has 0 aromatic carbocycles. The lowest BCUT2D eigenvalue weighted by Crippen LogP contribution is -2.43. The van der Waals surface area contributed by atoms with Crippen LogP contribution in [0, 0.1) is 0 Å². The van der Waals surface area contributed by atoms with Crippen LogP contribution in [0.1, 0.15) is 37.5 Å². The van der Waals surface area contributed by atoms with Crippen molar-refractivity contribution >= 4 is 33.1 Å². The molecule has 0 amide bonds. The van der Waals surface area contributed by atoms with Crippen molar-refractivity contribution in [1.29, 1.82) is 0 Å². The van der Waals surface area contributed by atoms with Crippen LogP contribution in [0.3, 0.4) is 0 Å². The Hall–Kier alpha value is -0.0800. The summed E-state index contributed by atoms with van der Waals surface area (Å²) in [6.45, 7) is 3.47. The maximum atomic E-state index is 12.7. The zero-order valence-corrected chi connectivity index (χ0v) is 15.0. The Kier molecular flexibility index (Phi) is 6.55. The molecular weight excluding hydrogens is 324 g/mol. The van der Waals surface area contributed by atoms with Gasteiger partial charge in [0.2, 0.25) is 10.0 Å². The molecule has 2 N–H and O–H groups in total. The van der Waals surface area contributed by atoms with Crippen molar-refractivity contribution in [1.82, 2.24) is 10.0 Å². The van der Waals surface area contributed by atoms with Crippen LogP contribution in [0.2, 0.25) is 0 Å². The van der Waals surface area contributed by atoms with E-state index in [0.717, 1.165) is 30.7 Å². The molecule has 0 radical (unpaired) electrons. The molecule has 2 rings (SSSR count). The molecule has 21 heavy (non-hydrogen) atoms. The molecule has 1 fully saturated rings. The minimum atomic E-state index is -3.41. The topological polar surface area (TPSA) is 58.2 Å². The van der Waals surface area contributed by atoms with Gasteiger partial charge in [-0.3, -0.25) is 0 Å². The lowest BCUT2D eigenvalue weighted by atomic mass is 9.96. The van der Waals surface area contributed by atoms with Crippen molar-refractivity contribution in [3.05, 3.63) is 16.3 Å². The SMILES string of the molecule is CCNCc1sccc1S(=O)(=O)NC1CCCCC1SC. The molecule has 4 nitrogen and oxygen atoms in total. The van der Waals surface area contributed by atoms with E-state index in [1.54, 1.807) is 17.8 Å². The molecule has 0 bridgehead atoms. The normalized spacial score (nSPS) is 23.3. The van der Waals surface area contributed by atoms with Gasteiger partial charge in [-0.05, 0) is 37.1 Å². The highest BCUT2D eigenvalue weighted by atomic mass is 32.2. The third-order valence-corrected chi connectivity index (χ3v) is 7.64. The quantitative estimate of drug-likeness (QED) is 0.795. The van der Waals surface area contributed by atoms with Gasteiger partial charge in [0.25, 0.3) is 0 Å². The molecule has 7 heteroatoms. The Morgan fingerprint density at radius 2 is 2.14 bits per heavy atom. The first kappa shape index (κ1) is 17.3. The first-order valence-electron chi connectivity index (χ1n) is 7.40. The van der Waals surface area contributed by atoms with Crippen LogP contribution < -0.4 is 10.0 Å². The van der Waals surface area contributed by atoms with Gasteiger partial charge >= 0.3 is 0 Å². The molecule has 1 aliphatic carbocycles. The van der Waals surface area contributed by atoms with E-state index >= 15 is 0 Å². The fourth-order valence-electron chi connectivity index (χ4n) is 2.71. The molecular formula is C14H24N2O2S3. The monoisotopic (exact) mass is 348 g/mol. The van der Waals surface area contributed by atoms with Crippen molar-refractivity contribution < 1.29 is 8.42 Å². The van der Waals surface area contributed by atoms with Gasteiger partial charge in [-0.2, -0.15) is 11.8 Å². The summed E-state index contributed by atoms with van der Waals surface area (Å²) in [5.74, 6) is 0. The highest BCUT2D eigenvalue weighted by Crippen LogP contribution is 2.29. The first-order chi connectivity index (χ1) is 10.1. The molecule has 2 unspecified atom stereocenters. The lowest BCUT2D eigenvalue weighted by Gasteiger charge is -2.30. The number of hydrogen-bond donors (Lipinski definition) is 2. The third-order valence-electron chi connectivity index (χ3n) is 3.84. The molecule has 1 saturated carbocycles. The second-order valence-electron chi connectivity index (χ2n) is 5.27. The zero-order valence-electron chi connectivity index (χ0n) is 12.6. The van der Waals surface area contributed by atoms with Crippen LogP contribution in [-0.4, -0.2) is 32.5 Å². The Morgan fingerprint density at radius 1 is 1.38 bits per heavy atom. The summed E-state index contributed by atoms with van der Waals surface area (Å²) < 4.78 is 28.3. The van der Waals surface area contributed by atoms with E-state index in [1.807, 2.05) is 12.3 Å². The predicted molar refractivity (Wildman–Crippen MR) is 91.6 cm³/mol. The van der Waals surface area contributed by atoms with Crippen LogP contribution in [0.15, 0.2) is 16.3 Å². The minimum Gasteiger partial charge on any atom is -0.312 e. The highest BCUT2D eigenvalue weighted by Gasteiger charge is 2.30. The molecule has 0 spiro atoms. The van der Waals surface area contributed by atoms with E-state index in [2.05, 4.69) is 16.3 Å². The molecule has 0 aliphatic heterocycles. The number of nitrogens with one attached hydrogen (secondary N) is 2. The fourth-order valence-corrected chi connectivity index (χ4v) is 6.46. The average Bonchev–Trinajstić information content (AvgIpc) is 2.94. The third kappa shape index (κ3) is 4.45. The van der Waals surface area contributed by atoms with Gasteiger partial charge in [0.05, 0.1) is 4.90 Å². The number of hydrogen-bond acceptors (Lipinski definition) is 5. The number of thioether (sulfide) groups is 1. The Morgan fingerprint density at radius 3 is 2.86 bits per heavy atom. The minimum absolute atomic E-state index is 0.0608. The second kappa shape index (κ2) is 7.97. The summed E-state index contributed by atoms with van der Waals surface area (Å²) in [6, 6.07) is 1.78. The van der Waals surface area contributed by atoms with Gasteiger partial charge in [-0.15, -0.1) is 11.3 Å². The van der Waals surface area contributed by atoms with Gasteiger partial charge in [0.15, 0.2) is 0 Å². The number of thiophene rings is 1. The maximum absolute atomic E-state index is 12.7. The highest BCUT2D eigenvalue weighted by molar-refractivity contribution is 7.99. The largest absolute Gasteiger partial charge is 0.312 e. The van der Waals surface area contributed by atoms with E-state index < -0.39 is 10.0 Å². The zero-order chi connectivity index (χ0) is 15.3. The summed E-state index contributed by atoms with van der Waals surface area (Å²) in [5, 5.41) is 5.45. The molecule has 0 saturated heterocycles. The van der Waals surface area contributed by atoms with E-state index in [-0.39, 0.29) is 6.04 Å². The molecule has 1 heterocycles. The van der Waals surface area contributed by atoms with E-state index in [4.69, 9.17) is 0 Å². The summed E-state index contributed by atoms with van der Waals surface area (Å²) >= 11 is 3.27. The van der Waals surface area contributed by atoms with E-state index in [0.29, 0.717) is 16.7 Å². The van der Waals surface area contributed by atoms with Crippen molar-refractivity contribution in [3.63, 3.8) is 0 Å². The van der Waals surface area contributed by atoms with Gasteiger partial charge < -0.3 is 5.32 Å². The van der Waals surface area contributed by atoms with Gasteiger partial charge in [-0.25, -0.2) is 13.1 Å². The van der Waals surface area contributed by atoms with Crippen LogP contribution in [0.25, 0.3) is 0 Å². The van der Waals surface area contributed by atoms with Gasteiger partial charge in [0, 0.05) is 22.7 Å². The average molecular weight is 349 g/mol. The molecule has 120 valence electrons. The molecule has 1 aromatic heterocycles. The predicted octanol–water partition coefficient (Wildman–Crippen LogP) is 2.81. The lowest BCUT2D eigenvalue weighted by molar-refractivity contribution is 0.423. The van der Waals surface area contributed by atoms with Crippen LogP contribution in [0.4, 0.5) is 0 Å². The second-order valence-corrected chi connectivity index (χ2v) is 9.03. The van der Waals surface area contributed by atoms with E-state index in [9.17, 15) is 8.42 Å². The smallest absolute Gasteiger partial charge is 0.242 e. The van der Waals surface area contributed by atoms with Crippen LogP contribution in [0.5, 0.6) is 0 Å². The standard InChI is InChI=1S/C14H24N2O2S3/c1-3-15-10-13-14(8-9-20-13)21(17,18)16-11-6-4-5-7-12(11)19-2/h8-9,11-12,15-16H,3-7,10H2,1-2H3. The van der Waals surface area contributed by atoms with Crippen LogP contribution in [-0.2, 0) is 16.6 Å². The molecule has 2 atom stereocenters. The molecule has 1 aromatic rings. The summed E-state index contributed by atoms with van der Waals surface area (Å²) in [4.78, 5) is 1.33. The van der Waals surface area contributed by atoms with E-state index in [1.165, 1.54) is 17.8 Å². The first-order valence-corrected chi connectivity index (χ1v) is 11.1.